The van der Waals surface area contributed by atoms with E-state index in [4.69, 9.17) is 5.84 Å². The first-order chi connectivity index (χ1) is 5.74. The van der Waals surface area contributed by atoms with Crippen LogP contribution in [0.5, 0.6) is 0 Å². The van der Waals surface area contributed by atoms with Crippen LogP contribution < -0.4 is 5.84 Å². The minimum atomic E-state index is 0.132. The number of nitroso groups, excluding NO2 is 1. The fourth-order valence-electron chi connectivity index (χ4n) is 1.55. The fraction of sp³-hybridized carbons (Fsp3) is 1.00. The Labute approximate surface area is 72.4 Å². The number of hydrazine groups is 1. The largest absolute Gasteiger partial charge is 0.306 e. The lowest BCUT2D eigenvalue weighted by Gasteiger charge is -2.19. The minimum Gasteiger partial charge on any atom is -0.306 e. The highest BCUT2D eigenvalue weighted by molar-refractivity contribution is 4.71. The lowest BCUT2D eigenvalue weighted by Crippen LogP contribution is -2.36. The molecule has 0 radical (unpaired) electrons. The Morgan fingerprint density at radius 3 is 2.92 bits per heavy atom. The average molecular weight is 172 g/mol. The second kappa shape index (κ2) is 4.37. The fourth-order valence-corrected chi connectivity index (χ4v) is 1.55. The van der Waals surface area contributed by atoms with Crippen LogP contribution in [0.2, 0.25) is 0 Å². The molecule has 1 aliphatic rings. The summed E-state index contributed by atoms with van der Waals surface area (Å²) in [6.07, 6.45) is 2.98. The van der Waals surface area contributed by atoms with Crippen molar-refractivity contribution in [3.8, 4) is 0 Å². The molecule has 0 saturated carbocycles. The zero-order valence-corrected chi connectivity index (χ0v) is 7.44. The SMILES string of the molecule is CN1CCCC(N(N)N=O)CC1. The molecule has 0 aromatic carbocycles. The molecule has 0 aromatic rings. The van der Waals surface area contributed by atoms with Gasteiger partial charge in [-0.05, 0) is 39.4 Å². The van der Waals surface area contributed by atoms with E-state index in [1.54, 1.807) is 0 Å². The molecule has 0 aliphatic carbocycles. The molecule has 1 atom stereocenters. The summed E-state index contributed by atoms with van der Waals surface area (Å²) in [6.45, 7) is 2.08. The van der Waals surface area contributed by atoms with Crippen LogP contribution in [0, 0.1) is 4.91 Å². The smallest absolute Gasteiger partial charge is 0.0685 e. The highest BCUT2D eigenvalue weighted by Gasteiger charge is 2.18. The van der Waals surface area contributed by atoms with Crippen molar-refractivity contribution in [3.05, 3.63) is 4.91 Å². The number of nitrogens with zero attached hydrogens (tertiary/aromatic N) is 3. The molecule has 5 nitrogen and oxygen atoms in total. The van der Waals surface area contributed by atoms with Gasteiger partial charge in [0.1, 0.15) is 0 Å². The lowest BCUT2D eigenvalue weighted by molar-refractivity contribution is 0.187. The highest BCUT2D eigenvalue weighted by Crippen LogP contribution is 2.13. The normalized spacial score (nSPS) is 26.3. The molecular weight excluding hydrogens is 156 g/mol. The molecule has 0 bridgehead atoms. The van der Waals surface area contributed by atoms with Crippen LogP contribution in [-0.2, 0) is 0 Å². The summed E-state index contributed by atoms with van der Waals surface area (Å²) < 4.78 is 0. The molecule has 2 N–H and O–H groups in total. The maximum atomic E-state index is 10.1. The van der Waals surface area contributed by atoms with Gasteiger partial charge in [-0.3, -0.25) is 0 Å². The number of rotatable bonds is 2. The summed E-state index contributed by atoms with van der Waals surface area (Å²) in [5, 5.41) is 3.78. The van der Waals surface area contributed by atoms with Gasteiger partial charge in [0.25, 0.3) is 0 Å². The molecule has 1 saturated heterocycles. The third-order valence-corrected chi connectivity index (χ3v) is 2.39. The van der Waals surface area contributed by atoms with Crippen LogP contribution in [0.4, 0.5) is 0 Å². The van der Waals surface area contributed by atoms with Crippen molar-refractivity contribution < 1.29 is 0 Å². The van der Waals surface area contributed by atoms with E-state index < -0.39 is 0 Å². The molecule has 1 unspecified atom stereocenters. The maximum Gasteiger partial charge on any atom is 0.0685 e. The van der Waals surface area contributed by atoms with Gasteiger partial charge in [-0.25, -0.2) is 5.84 Å². The zero-order valence-electron chi connectivity index (χ0n) is 7.44. The van der Waals surface area contributed by atoms with E-state index >= 15 is 0 Å². The molecule has 1 fully saturated rings. The molecule has 5 heteroatoms. The number of likely N-dealkylation sites (tertiary alicyclic amines) is 1. The molecule has 0 aromatic heterocycles. The van der Waals surface area contributed by atoms with Crippen molar-refractivity contribution in [1.29, 1.82) is 0 Å². The first kappa shape index (κ1) is 9.41. The van der Waals surface area contributed by atoms with Gasteiger partial charge in [-0.1, -0.05) is 0 Å². The Balaban J connectivity index is 2.40. The van der Waals surface area contributed by atoms with Crippen LogP contribution in [0.25, 0.3) is 0 Å². The van der Waals surface area contributed by atoms with E-state index in [0.29, 0.717) is 0 Å². The number of hydrogen-bond donors (Lipinski definition) is 1. The Kier molecular flexibility index (Phi) is 3.43. The first-order valence-corrected chi connectivity index (χ1v) is 4.30. The standard InChI is InChI=1S/C7H16N4O/c1-10-5-2-3-7(4-6-10)11(8)9-12/h7H,2-6,8H2,1H3. The Hall–Kier alpha value is -0.680. The van der Waals surface area contributed by atoms with Crippen molar-refractivity contribution in [2.45, 2.75) is 25.3 Å². The third kappa shape index (κ3) is 2.42. The number of hydrogen-bond acceptors (Lipinski definition) is 4. The van der Waals surface area contributed by atoms with Gasteiger partial charge in [-0.15, -0.1) is 4.91 Å². The van der Waals surface area contributed by atoms with Crippen molar-refractivity contribution in [1.82, 2.24) is 10.0 Å². The van der Waals surface area contributed by atoms with Gasteiger partial charge in [0.15, 0.2) is 0 Å². The predicted octanol–water partition coefficient (Wildman–Crippen LogP) is 0.328. The van der Waals surface area contributed by atoms with Crippen LogP contribution >= 0.6 is 0 Å². The lowest BCUT2D eigenvalue weighted by atomic mass is 10.1. The molecule has 0 spiro atoms. The molecule has 12 heavy (non-hydrogen) atoms. The van der Waals surface area contributed by atoms with Crippen LogP contribution in [-0.4, -0.2) is 36.2 Å². The Bertz CT molecular complexity index is 152. The van der Waals surface area contributed by atoms with Crippen LogP contribution in [0.1, 0.15) is 19.3 Å². The maximum absolute atomic E-state index is 10.1. The summed E-state index contributed by atoms with van der Waals surface area (Å²) >= 11 is 0. The van der Waals surface area contributed by atoms with E-state index in [1.165, 1.54) is 0 Å². The summed E-state index contributed by atoms with van der Waals surface area (Å²) in [4.78, 5) is 12.4. The van der Waals surface area contributed by atoms with E-state index in [2.05, 4.69) is 17.2 Å². The van der Waals surface area contributed by atoms with Gasteiger partial charge >= 0.3 is 0 Å². The summed E-state index contributed by atoms with van der Waals surface area (Å²) in [7, 11) is 2.08. The third-order valence-electron chi connectivity index (χ3n) is 2.39. The minimum absolute atomic E-state index is 0.132. The van der Waals surface area contributed by atoms with Crippen molar-refractivity contribution >= 4 is 0 Å². The molecule has 1 heterocycles. The van der Waals surface area contributed by atoms with Crippen molar-refractivity contribution in [3.63, 3.8) is 0 Å². The molecular formula is C7H16N4O. The zero-order chi connectivity index (χ0) is 8.97. The summed E-state index contributed by atoms with van der Waals surface area (Å²) in [6, 6.07) is 0.132. The molecule has 0 amide bonds. The first-order valence-electron chi connectivity index (χ1n) is 4.30. The van der Waals surface area contributed by atoms with E-state index in [9.17, 15) is 4.91 Å². The Morgan fingerprint density at radius 2 is 2.25 bits per heavy atom. The van der Waals surface area contributed by atoms with Crippen LogP contribution in [0.15, 0.2) is 5.29 Å². The van der Waals surface area contributed by atoms with Gasteiger partial charge in [0.05, 0.1) is 11.3 Å². The second-order valence-corrected chi connectivity index (χ2v) is 3.35. The van der Waals surface area contributed by atoms with Crippen molar-refractivity contribution in [2.75, 3.05) is 20.1 Å². The highest BCUT2D eigenvalue weighted by atomic mass is 16.3. The van der Waals surface area contributed by atoms with Gasteiger partial charge in [-0.2, -0.15) is 5.12 Å². The van der Waals surface area contributed by atoms with E-state index in [0.717, 1.165) is 37.5 Å². The molecule has 70 valence electrons. The summed E-state index contributed by atoms with van der Waals surface area (Å²) in [5.41, 5.74) is 0. The number of nitrogens with two attached hydrogens (primary N) is 1. The average Bonchev–Trinajstić information content (AvgIpc) is 2.29. The quantitative estimate of drug-likeness (QED) is 0.370. The summed E-state index contributed by atoms with van der Waals surface area (Å²) in [5.74, 6) is 5.40. The van der Waals surface area contributed by atoms with E-state index in [-0.39, 0.29) is 6.04 Å². The van der Waals surface area contributed by atoms with Crippen molar-refractivity contribution in [2.24, 2.45) is 11.1 Å². The Morgan fingerprint density at radius 1 is 1.50 bits per heavy atom. The van der Waals surface area contributed by atoms with Gasteiger partial charge in [0, 0.05) is 0 Å². The molecule has 1 aliphatic heterocycles. The monoisotopic (exact) mass is 172 g/mol. The molecule has 1 rings (SSSR count). The predicted molar refractivity (Wildman–Crippen MR) is 47.0 cm³/mol. The topological polar surface area (TPSA) is 61.9 Å². The van der Waals surface area contributed by atoms with Gasteiger partial charge in [0.2, 0.25) is 0 Å². The van der Waals surface area contributed by atoms with Crippen LogP contribution in [0.3, 0.4) is 0 Å². The second-order valence-electron chi connectivity index (χ2n) is 3.35. The van der Waals surface area contributed by atoms with E-state index in [1.807, 2.05) is 0 Å². The van der Waals surface area contributed by atoms with Gasteiger partial charge < -0.3 is 4.90 Å².